The highest BCUT2D eigenvalue weighted by atomic mass is 19.4. The SMILES string of the molecule is C\C=C(F)/C(=C\C(=C\CC)C(F)(F)F)C(/C=C1/C(Nc2ccc(F)cn2)CCCN1C)=C(C)C. The number of hydrogen-bond acceptors (Lipinski definition) is 3. The van der Waals surface area contributed by atoms with Crippen LogP contribution in [0.4, 0.5) is 27.8 Å². The van der Waals surface area contributed by atoms with E-state index in [0.29, 0.717) is 17.0 Å². The third kappa shape index (κ3) is 7.30. The van der Waals surface area contributed by atoms with E-state index < -0.39 is 23.4 Å². The van der Waals surface area contributed by atoms with E-state index in [2.05, 4.69) is 10.3 Å². The number of aromatic nitrogens is 1. The maximum absolute atomic E-state index is 15.0. The summed E-state index contributed by atoms with van der Waals surface area (Å²) in [5, 5.41) is 3.27. The Morgan fingerprint density at radius 2 is 1.97 bits per heavy atom. The molecule has 1 fully saturated rings. The van der Waals surface area contributed by atoms with Gasteiger partial charge in [-0.25, -0.2) is 13.8 Å². The second kappa shape index (κ2) is 12.0. The zero-order valence-electron chi connectivity index (χ0n) is 20.2. The van der Waals surface area contributed by atoms with Crippen molar-refractivity contribution in [2.75, 3.05) is 18.9 Å². The summed E-state index contributed by atoms with van der Waals surface area (Å²) in [5.74, 6) is -0.708. The summed E-state index contributed by atoms with van der Waals surface area (Å²) in [5.41, 5.74) is 0.832. The highest BCUT2D eigenvalue weighted by Crippen LogP contribution is 2.35. The number of pyridine rings is 1. The number of halogens is 5. The molecule has 0 aromatic carbocycles. The smallest absolute Gasteiger partial charge is 0.376 e. The average Bonchev–Trinajstić information content (AvgIpc) is 2.77. The number of rotatable bonds is 7. The van der Waals surface area contributed by atoms with E-state index in [9.17, 15) is 22.0 Å². The first kappa shape index (κ1) is 27.3. The van der Waals surface area contributed by atoms with E-state index in [-0.39, 0.29) is 18.0 Å². The predicted molar refractivity (Wildman–Crippen MR) is 127 cm³/mol. The first-order valence-electron chi connectivity index (χ1n) is 11.3. The number of allylic oxidation sites excluding steroid dienone is 9. The van der Waals surface area contributed by atoms with Crippen molar-refractivity contribution in [2.45, 2.75) is 59.2 Å². The molecule has 2 rings (SSSR count). The van der Waals surface area contributed by atoms with E-state index >= 15 is 0 Å². The fraction of sp³-hybridized carbons (Fsp3) is 0.423. The molecular formula is C26H32F5N3. The lowest BCUT2D eigenvalue weighted by atomic mass is 9.92. The third-order valence-corrected chi connectivity index (χ3v) is 5.52. The lowest BCUT2D eigenvalue weighted by Crippen LogP contribution is -2.38. The van der Waals surface area contributed by atoms with E-state index in [1.807, 2.05) is 11.9 Å². The third-order valence-electron chi connectivity index (χ3n) is 5.52. The zero-order valence-corrected chi connectivity index (χ0v) is 20.2. The van der Waals surface area contributed by atoms with Crippen LogP contribution in [-0.4, -0.2) is 35.7 Å². The Bertz CT molecular complexity index is 994. The summed E-state index contributed by atoms with van der Waals surface area (Å²) in [6.45, 7) is 7.28. The Hall–Kier alpha value is -2.90. The van der Waals surface area contributed by atoms with Crippen LogP contribution in [0.15, 0.2) is 76.4 Å². The average molecular weight is 482 g/mol. The van der Waals surface area contributed by atoms with E-state index in [1.165, 1.54) is 19.1 Å². The Balaban J connectivity index is 2.60. The summed E-state index contributed by atoms with van der Waals surface area (Å²) >= 11 is 0. The van der Waals surface area contributed by atoms with Crippen LogP contribution in [0.3, 0.4) is 0 Å². The van der Waals surface area contributed by atoms with Gasteiger partial charge in [-0.3, -0.25) is 0 Å². The van der Waals surface area contributed by atoms with Crippen molar-refractivity contribution in [1.29, 1.82) is 0 Å². The summed E-state index contributed by atoms with van der Waals surface area (Å²) in [7, 11) is 1.88. The quantitative estimate of drug-likeness (QED) is 0.320. The van der Waals surface area contributed by atoms with Crippen LogP contribution < -0.4 is 5.32 Å². The standard InChI is InChI=1S/C26H32F5N3/c1-6-9-18(26(29,30)31)14-21(22(28)7-2)20(17(3)4)15-24-23(10-8-13-34(24)5)33-25-12-11-19(27)16-32-25/h7,9,11-12,14-16,23H,6,8,10,13H2,1-5H3,(H,32,33)/b18-9-,21-14-,22-7+,24-15-. The largest absolute Gasteiger partial charge is 0.416 e. The number of anilines is 1. The van der Waals surface area contributed by atoms with Gasteiger partial charge in [-0.05, 0) is 69.9 Å². The minimum Gasteiger partial charge on any atom is -0.376 e. The molecular weight excluding hydrogens is 449 g/mol. The molecule has 0 amide bonds. The molecule has 1 saturated heterocycles. The minimum absolute atomic E-state index is 0.121. The number of nitrogens with one attached hydrogen (secondary N) is 1. The van der Waals surface area contributed by atoms with Crippen molar-refractivity contribution in [1.82, 2.24) is 9.88 Å². The first-order valence-corrected chi connectivity index (χ1v) is 11.3. The van der Waals surface area contributed by atoms with E-state index in [1.54, 1.807) is 26.8 Å². The van der Waals surface area contributed by atoms with Gasteiger partial charge in [0.05, 0.1) is 17.8 Å². The van der Waals surface area contributed by atoms with Gasteiger partial charge in [0.1, 0.15) is 17.5 Å². The van der Waals surface area contributed by atoms with Crippen LogP contribution in [-0.2, 0) is 0 Å². The van der Waals surface area contributed by atoms with Crippen molar-refractivity contribution in [3.63, 3.8) is 0 Å². The van der Waals surface area contributed by atoms with Gasteiger partial charge in [-0.2, -0.15) is 13.2 Å². The van der Waals surface area contributed by atoms with Gasteiger partial charge < -0.3 is 10.2 Å². The van der Waals surface area contributed by atoms with Crippen LogP contribution in [0.5, 0.6) is 0 Å². The van der Waals surface area contributed by atoms with Crippen molar-refractivity contribution in [3.8, 4) is 0 Å². The van der Waals surface area contributed by atoms with Gasteiger partial charge in [-0.1, -0.05) is 24.6 Å². The van der Waals surface area contributed by atoms with Crippen molar-refractivity contribution >= 4 is 5.82 Å². The number of nitrogens with zero attached hydrogens (tertiary/aromatic N) is 2. The molecule has 34 heavy (non-hydrogen) atoms. The second-order valence-corrected chi connectivity index (χ2v) is 8.37. The Morgan fingerprint density at radius 1 is 1.26 bits per heavy atom. The molecule has 0 saturated carbocycles. The molecule has 1 aromatic heterocycles. The predicted octanol–water partition coefficient (Wildman–Crippen LogP) is 7.65. The van der Waals surface area contributed by atoms with Crippen molar-refractivity contribution in [2.24, 2.45) is 0 Å². The molecule has 1 unspecified atom stereocenters. The molecule has 0 spiro atoms. The van der Waals surface area contributed by atoms with Crippen molar-refractivity contribution in [3.05, 3.63) is 82.3 Å². The van der Waals surface area contributed by atoms with Gasteiger partial charge in [0.15, 0.2) is 0 Å². The minimum atomic E-state index is -4.60. The fourth-order valence-corrected chi connectivity index (χ4v) is 3.77. The fourth-order valence-electron chi connectivity index (χ4n) is 3.77. The number of likely N-dealkylation sites (tertiary alicyclic amines) is 1. The second-order valence-electron chi connectivity index (χ2n) is 8.37. The summed E-state index contributed by atoms with van der Waals surface area (Å²) in [6.07, 6.45) is 3.12. The number of likely N-dealkylation sites (N-methyl/N-ethyl adjacent to an activating group) is 1. The molecule has 3 nitrogen and oxygen atoms in total. The molecule has 2 heterocycles. The lowest BCUT2D eigenvalue weighted by Gasteiger charge is -2.36. The van der Waals surface area contributed by atoms with Crippen molar-refractivity contribution < 1.29 is 22.0 Å². The molecule has 1 atom stereocenters. The van der Waals surface area contributed by atoms with Gasteiger partial charge in [0, 0.05) is 24.9 Å². The summed E-state index contributed by atoms with van der Waals surface area (Å²) in [6, 6.07) is 2.60. The highest BCUT2D eigenvalue weighted by Gasteiger charge is 2.33. The first-order chi connectivity index (χ1) is 16.0. The van der Waals surface area contributed by atoms with Crippen LogP contribution in [0.2, 0.25) is 0 Å². The molecule has 1 aliphatic heterocycles. The van der Waals surface area contributed by atoms with Gasteiger partial charge >= 0.3 is 6.18 Å². The van der Waals surface area contributed by atoms with Gasteiger partial charge in [0.2, 0.25) is 0 Å². The molecule has 1 aliphatic rings. The molecule has 1 aromatic rings. The highest BCUT2D eigenvalue weighted by molar-refractivity contribution is 5.56. The molecule has 0 aliphatic carbocycles. The Kier molecular flexibility index (Phi) is 9.65. The number of hydrogen-bond donors (Lipinski definition) is 1. The van der Waals surface area contributed by atoms with Crippen LogP contribution in [0, 0.1) is 5.82 Å². The van der Waals surface area contributed by atoms with E-state index in [4.69, 9.17) is 0 Å². The number of alkyl halides is 3. The molecule has 8 heteroatoms. The monoisotopic (exact) mass is 481 g/mol. The maximum Gasteiger partial charge on any atom is 0.416 e. The van der Waals surface area contributed by atoms with Crippen LogP contribution >= 0.6 is 0 Å². The zero-order chi connectivity index (χ0) is 25.5. The lowest BCUT2D eigenvalue weighted by molar-refractivity contribution is -0.0884. The Morgan fingerprint density at radius 3 is 2.50 bits per heavy atom. The molecule has 0 radical (unpaired) electrons. The van der Waals surface area contributed by atoms with Crippen LogP contribution in [0.25, 0.3) is 0 Å². The Labute approximate surface area is 198 Å². The summed E-state index contributed by atoms with van der Waals surface area (Å²) < 4.78 is 69.1. The number of piperidine rings is 1. The van der Waals surface area contributed by atoms with Gasteiger partial charge in [0.25, 0.3) is 0 Å². The topological polar surface area (TPSA) is 28.2 Å². The normalized spacial score (nSPS) is 19.5. The van der Waals surface area contributed by atoms with E-state index in [0.717, 1.165) is 49.5 Å². The maximum atomic E-state index is 15.0. The molecule has 1 N–H and O–H groups in total. The van der Waals surface area contributed by atoms with Gasteiger partial charge in [-0.15, -0.1) is 0 Å². The summed E-state index contributed by atoms with van der Waals surface area (Å²) in [4.78, 5) is 6.04. The van der Waals surface area contributed by atoms with Crippen LogP contribution in [0.1, 0.15) is 47.0 Å². The molecule has 186 valence electrons. The molecule has 0 bridgehead atoms.